The molecular formula is C24H25F3N2OS. The van der Waals surface area contributed by atoms with Gasteiger partial charge >= 0.3 is 6.18 Å². The van der Waals surface area contributed by atoms with Crippen LogP contribution in [0.1, 0.15) is 58.6 Å². The second-order valence-corrected chi connectivity index (χ2v) is 8.98. The third kappa shape index (κ3) is 5.21. The molecule has 1 amide bonds. The molecule has 2 heterocycles. The molecule has 1 aliphatic carbocycles. The van der Waals surface area contributed by atoms with E-state index in [1.807, 2.05) is 45.3 Å². The second-order valence-electron chi connectivity index (χ2n) is 8.03. The van der Waals surface area contributed by atoms with Gasteiger partial charge in [0, 0.05) is 24.5 Å². The summed E-state index contributed by atoms with van der Waals surface area (Å²) < 4.78 is 41.2. The molecule has 3 nitrogen and oxygen atoms in total. The number of carbonyl (C=O) groups excluding carboxylic acids is 1. The highest BCUT2D eigenvalue weighted by molar-refractivity contribution is 7.12. The average molecular weight is 447 g/mol. The smallest absolute Gasteiger partial charge is 0.345 e. The van der Waals surface area contributed by atoms with E-state index in [9.17, 15) is 18.0 Å². The third-order valence-electron chi connectivity index (χ3n) is 5.87. The van der Waals surface area contributed by atoms with Crippen LogP contribution in [0.25, 0.3) is 0 Å². The van der Waals surface area contributed by atoms with Gasteiger partial charge in [-0.15, -0.1) is 11.3 Å². The standard InChI is InChI=1S/C24H25F3N2OS/c25-24(26,27)19-8-4-7-18(15-19)16-28-13-5-11-21(28)17-29(20-9-2-1-3-10-20)23(30)22-12-6-14-31-22/h4-8,11-15,20H,1-3,9-10,16-17H2. The molecule has 3 aromatic rings. The Kier molecular flexibility index (Phi) is 6.51. The monoisotopic (exact) mass is 446 g/mol. The molecule has 1 aromatic carbocycles. The van der Waals surface area contributed by atoms with Crippen LogP contribution < -0.4 is 0 Å². The van der Waals surface area contributed by atoms with E-state index in [1.165, 1.54) is 29.9 Å². The van der Waals surface area contributed by atoms with Crippen molar-refractivity contribution in [1.29, 1.82) is 0 Å². The molecule has 31 heavy (non-hydrogen) atoms. The predicted octanol–water partition coefficient (Wildman–Crippen LogP) is 6.59. The van der Waals surface area contributed by atoms with Crippen LogP contribution >= 0.6 is 11.3 Å². The number of nitrogens with zero attached hydrogens (tertiary/aromatic N) is 2. The van der Waals surface area contributed by atoms with Gasteiger partial charge in [-0.2, -0.15) is 13.2 Å². The highest BCUT2D eigenvalue weighted by Crippen LogP contribution is 2.30. The molecule has 7 heteroatoms. The van der Waals surface area contributed by atoms with Crippen molar-refractivity contribution in [3.8, 4) is 0 Å². The predicted molar refractivity (Wildman–Crippen MR) is 116 cm³/mol. The van der Waals surface area contributed by atoms with E-state index >= 15 is 0 Å². The van der Waals surface area contributed by atoms with E-state index < -0.39 is 11.7 Å². The highest BCUT2D eigenvalue weighted by Gasteiger charge is 2.30. The molecule has 0 radical (unpaired) electrons. The van der Waals surface area contributed by atoms with Gasteiger partial charge in [-0.25, -0.2) is 0 Å². The first-order valence-electron chi connectivity index (χ1n) is 10.6. The number of benzene rings is 1. The topological polar surface area (TPSA) is 25.2 Å². The van der Waals surface area contributed by atoms with Gasteiger partial charge in [0.2, 0.25) is 0 Å². The van der Waals surface area contributed by atoms with Crippen LogP contribution in [0.15, 0.2) is 60.1 Å². The lowest BCUT2D eigenvalue weighted by atomic mass is 9.94. The Morgan fingerprint density at radius 1 is 1.06 bits per heavy atom. The van der Waals surface area contributed by atoms with E-state index in [0.29, 0.717) is 18.7 Å². The molecule has 0 spiro atoms. The van der Waals surface area contributed by atoms with E-state index in [-0.39, 0.29) is 11.9 Å². The SMILES string of the molecule is O=C(c1cccs1)N(Cc1cccn1Cc1cccc(C(F)(F)F)c1)C1CCCCC1. The zero-order chi connectivity index (χ0) is 21.8. The minimum absolute atomic E-state index is 0.0359. The average Bonchev–Trinajstić information content (AvgIpc) is 3.44. The molecule has 1 fully saturated rings. The molecule has 2 aromatic heterocycles. The Balaban J connectivity index is 1.56. The number of rotatable bonds is 6. The van der Waals surface area contributed by atoms with Gasteiger partial charge in [-0.1, -0.05) is 37.5 Å². The van der Waals surface area contributed by atoms with Gasteiger partial charge in [0.05, 0.1) is 17.0 Å². The lowest BCUT2D eigenvalue weighted by molar-refractivity contribution is -0.137. The zero-order valence-electron chi connectivity index (χ0n) is 17.1. The fourth-order valence-corrected chi connectivity index (χ4v) is 4.94. The first-order valence-corrected chi connectivity index (χ1v) is 11.4. The summed E-state index contributed by atoms with van der Waals surface area (Å²) in [6.45, 7) is 0.783. The summed E-state index contributed by atoms with van der Waals surface area (Å²) >= 11 is 1.44. The molecule has 4 rings (SSSR count). The van der Waals surface area contributed by atoms with E-state index in [2.05, 4.69) is 0 Å². The van der Waals surface area contributed by atoms with Gasteiger partial charge in [-0.3, -0.25) is 4.79 Å². The van der Waals surface area contributed by atoms with E-state index in [0.717, 1.165) is 42.3 Å². The number of thiophene rings is 1. The summed E-state index contributed by atoms with van der Waals surface area (Å²) in [4.78, 5) is 15.9. The first-order chi connectivity index (χ1) is 14.9. The number of hydrogen-bond donors (Lipinski definition) is 0. The van der Waals surface area contributed by atoms with Crippen LogP contribution in [0, 0.1) is 0 Å². The van der Waals surface area contributed by atoms with Crippen LogP contribution in [-0.4, -0.2) is 21.4 Å². The van der Waals surface area contributed by atoms with Crippen molar-refractivity contribution in [3.63, 3.8) is 0 Å². The summed E-state index contributed by atoms with van der Waals surface area (Å²) in [5.41, 5.74) is 0.865. The van der Waals surface area contributed by atoms with Gasteiger partial charge < -0.3 is 9.47 Å². The summed E-state index contributed by atoms with van der Waals surface area (Å²) in [7, 11) is 0. The normalized spacial score (nSPS) is 15.2. The van der Waals surface area contributed by atoms with Crippen LogP contribution in [-0.2, 0) is 19.3 Å². The number of alkyl halides is 3. The largest absolute Gasteiger partial charge is 0.416 e. The Bertz CT molecular complexity index is 1000. The number of amides is 1. The van der Waals surface area contributed by atoms with Gasteiger partial charge in [0.25, 0.3) is 5.91 Å². The molecule has 0 saturated heterocycles. The molecule has 0 bridgehead atoms. The van der Waals surface area contributed by atoms with Crippen LogP contribution in [0.2, 0.25) is 0 Å². The maximum absolute atomic E-state index is 13.3. The summed E-state index contributed by atoms with van der Waals surface area (Å²) in [6, 6.07) is 13.2. The Morgan fingerprint density at radius 2 is 1.87 bits per heavy atom. The molecule has 0 aliphatic heterocycles. The minimum atomic E-state index is -4.36. The summed E-state index contributed by atoms with van der Waals surface area (Å²) in [6.07, 6.45) is 2.92. The molecule has 0 atom stereocenters. The lowest BCUT2D eigenvalue weighted by Crippen LogP contribution is -2.41. The maximum Gasteiger partial charge on any atom is 0.416 e. The molecule has 0 N–H and O–H groups in total. The maximum atomic E-state index is 13.3. The molecule has 1 saturated carbocycles. The summed E-state index contributed by atoms with van der Waals surface area (Å²) in [5.74, 6) is 0.0359. The Hall–Kier alpha value is -2.54. The highest BCUT2D eigenvalue weighted by atomic mass is 32.1. The minimum Gasteiger partial charge on any atom is -0.345 e. The van der Waals surface area contributed by atoms with Crippen molar-refractivity contribution in [1.82, 2.24) is 9.47 Å². The number of aromatic nitrogens is 1. The van der Waals surface area contributed by atoms with E-state index in [1.54, 1.807) is 6.07 Å². The van der Waals surface area contributed by atoms with Crippen molar-refractivity contribution in [2.45, 2.75) is 57.4 Å². The van der Waals surface area contributed by atoms with Crippen molar-refractivity contribution >= 4 is 17.2 Å². The quantitative estimate of drug-likeness (QED) is 0.419. The van der Waals surface area contributed by atoms with E-state index in [4.69, 9.17) is 0 Å². The third-order valence-corrected chi connectivity index (χ3v) is 6.73. The molecule has 1 aliphatic rings. The number of hydrogen-bond acceptors (Lipinski definition) is 2. The number of carbonyl (C=O) groups is 1. The van der Waals surface area contributed by atoms with Crippen LogP contribution in [0.4, 0.5) is 13.2 Å². The zero-order valence-corrected chi connectivity index (χ0v) is 18.0. The van der Waals surface area contributed by atoms with Crippen LogP contribution in [0.3, 0.4) is 0 Å². The fraction of sp³-hybridized carbons (Fsp3) is 0.375. The van der Waals surface area contributed by atoms with Crippen molar-refractivity contribution in [3.05, 3.63) is 81.8 Å². The second kappa shape index (κ2) is 9.30. The Morgan fingerprint density at radius 3 is 2.58 bits per heavy atom. The van der Waals surface area contributed by atoms with Gasteiger partial charge in [0.15, 0.2) is 0 Å². The molecule has 0 unspecified atom stereocenters. The molecular weight excluding hydrogens is 421 g/mol. The molecule has 164 valence electrons. The fourth-order valence-electron chi connectivity index (χ4n) is 4.27. The first kappa shape index (κ1) is 21.7. The van der Waals surface area contributed by atoms with Crippen molar-refractivity contribution in [2.24, 2.45) is 0 Å². The number of halogens is 3. The summed E-state index contributed by atoms with van der Waals surface area (Å²) in [5, 5.41) is 1.91. The van der Waals surface area contributed by atoms with Gasteiger partial charge in [-0.05, 0) is 54.1 Å². The van der Waals surface area contributed by atoms with Crippen molar-refractivity contribution in [2.75, 3.05) is 0 Å². The van der Waals surface area contributed by atoms with Crippen molar-refractivity contribution < 1.29 is 18.0 Å². The van der Waals surface area contributed by atoms with Gasteiger partial charge in [0.1, 0.15) is 0 Å². The Labute approximate surface area is 184 Å². The van der Waals surface area contributed by atoms with Crippen LogP contribution in [0.5, 0.6) is 0 Å². The lowest BCUT2D eigenvalue weighted by Gasteiger charge is -2.34.